The maximum absolute atomic E-state index is 12.7. The molecule has 1 atom stereocenters. The van der Waals surface area contributed by atoms with E-state index in [0.717, 1.165) is 43.9 Å². The number of nitrogens with one attached hydrogen (secondary N) is 3. The molecule has 28 heavy (non-hydrogen) atoms. The van der Waals surface area contributed by atoms with E-state index in [1.807, 2.05) is 32.3 Å². The molecule has 0 radical (unpaired) electrons. The summed E-state index contributed by atoms with van der Waals surface area (Å²) in [4.78, 5) is 18.8. The quantitative estimate of drug-likeness (QED) is 0.474. The second-order valence-corrected chi connectivity index (χ2v) is 8.35. The number of benzene rings is 1. The van der Waals surface area contributed by atoms with Crippen molar-refractivity contribution in [3.63, 3.8) is 0 Å². The number of anilines is 1. The highest BCUT2D eigenvalue weighted by Gasteiger charge is 2.42. The van der Waals surface area contributed by atoms with E-state index in [4.69, 9.17) is 0 Å². The average Bonchev–Trinajstić information content (AvgIpc) is 3.17. The van der Waals surface area contributed by atoms with E-state index in [2.05, 4.69) is 46.9 Å². The molecule has 1 aromatic rings. The molecule has 6 nitrogen and oxygen atoms in total. The molecule has 2 rings (SSSR count). The smallest absolute Gasteiger partial charge is 0.230 e. The molecule has 0 heterocycles. The van der Waals surface area contributed by atoms with E-state index in [1.165, 1.54) is 0 Å². The number of nitrogens with zero attached hydrogens (tertiary/aromatic N) is 2. The van der Waals surface area contributed by atoms with Crippen LogP contribution in [-0.4, -0.2) is 57.0 Å². The molecule has 1 aliphatic carbocycles. The van der Waals surface area contributed by atoms with Gasteiger partial charge in [0.1, 0.15) is 0 Å². The van der Waals surface area contributed by atoms with Crippen LogP contribution in [0.3, 0.4) is 0 Å². The van der Waals surface area contributed by atoms with Crippen molar-refractivity contribution >= 4 is 17.6 Å². The molecule has 0 spiro atoms. The number of carbonyl (C=O) groups excluding carboxylic acids is 1. The molecule has 1 aromatic carbocycles. The maximum atomic E-state index is 12.7. The van der Waals surface area contributed by atoms with Crippen molar-refractivity contribution < 1.29 is 4.79 Å². The summed E-state index contributed by atoms with van der Waals surface area (Å²) in [6.07, 6.45) is 4.11. The van der Waals surface area contributed by atoms with Crippen LogP contribution in [-0.2, 0) is 4.79 Å². The molecule has 1 fully saturated rings. The number of rotatable bonds is 8. The van der Waals surface area contributed by atoms with E-state index < -0.39 is 0 Å². The topological polar surface area (TPSA) is 68.8 Å². The number of carbonyl (C=O) groups is 1. The van der Waals surface area contributed by atoms with Gasteiger partial charge >= 0.3 is 0 Å². The summed E-state index contributed by atoms with van der Waals surface area (Å²) in [5, 5.41) is 10.4. The SMILES string of the molecule is CN=C(NCC(Nc1ccccc1)C(C)C)NCC1(C(=O)N(C)C)CCCC1. The minimum Gasteiger partial charge on any atom is -0.380 e. The van der Waals surface area contributed by atoms with Gasteiger partial charge in [0.2, 0.25) is 5.91 Å². The van der Waals surface area contributed by atoms with E-state index >= 15 is 0 Å². The van der Waals surface area contributed by atoms with Crippen LogP contribution < -0.4 is 16.0 Å². The molecule has 1 saturated carbocycles. The van der Waals surface area contributed by atoms with Gasteiger partial charge in [-0.15, -0.1) is 0 Å². The third-order valence-electron chi connectivity index (χ3n) is 5.66. The van der Waals surface area contributed by atoms with Gasteiger partial charge in [-0.1, -0.05) is 44.9 Å². The Morgan fingerprint density at radius 1 is 1.14 bits per heavy atom. The molecule has 3 N–H and O–H groups in total. The summed E-state index contributed by atoms with van der Waals surface area (Å²) in [6, 6.07) is 10.5. The van der Waals surface area contributed by atoms with Gasteiger partial charge in [-0.2, -0.15) is 0 Å². The second kappa shape index (κ2) is 10.3. The Kier molecular flexibility index (Phi) is 8.15. The summed E-state index contributed by atoms with van der Waals surface area (Å²) in [6.45, 7) is 5.80. The minimum absolute atomic E-state index is 0.221. The van der Waals surface area contributed by atoms with Gasteiger partial charge in [0.15, 0.2) is 5.96 Å². The van der Waals surface area contributed by atoms with Gasteiger partial charge in [-0.05, 0) is 30.9 Å². The summed E-state index contributed by atoms with van der Waals surface area (Å²) < 4.78 is 0. The average molecular weight is 388 g/mol. The minimum atomic E-state index is -0.305. The van der Waals surface area contributed by atoms with Crippen LogP contribution in [0.5, 0.6) is 0 Å². The molecular weight excluding hydrogens is 350 g/mol. The van der Waals surface area contributed by atoms with Crippen LogP contribution in [0.2, 0.25) is 0 Å². The molecule has 156 valence electrons. The van der Waals surface area contributed by atoms with Gasteiger partial charge < -0.3 is 20.9 Å². The molecular formula is C22H37N5O. The molecule has 1 unspecified atom stereocenters. The standard InChI is InChI=1S/C22H37N5O/c1-17(2)19(26-18-11-7-6-8-12-18)15-24-21(23-3)25-16-22(13-9-10-14-22)20(28)27(4)5/h6-8,11-12,17,19,26H,9-10,13-16H2,1-5H3,(H2,23,24,25). The first-order chi connectivity index (χ1) is 13.4. The van der Waals surface area contributed by atoms with Crippen LogP contribution in [0.25, 0.3) is 0 Å². The van der Waals surface area contributed by atoms with Crippen molar-refractivity contribution in [1.29, 1.82) is 0 Å². The number of para-hydroxylation sites is 1. The van der Waals surface area contributed by atoms with Crippen LogP contribution in [0.4, 0.5) is 5.69 Å². The molecule has 0 aliphatic heterocycles. The first-order valence-electron chi connectivity index (χ1n) is 10.4. The lowest BCUT2D eigenvalue weighted by Crippen LogP contribution is -2.50. The van der Waals surface area contributed by atoms with Crippen molar-refractivity contribution in [3.05, 3.63) is 30.3 Å². The van der Waals surface area contributed by atoms with Crippen molar-refractivity contribution in [1.82, 2.24) is 15.5 Å². The van der Waals surface area contributed by atoms with Crippen LogP contribution in [0.1, 0.15) is 39.5 Å². The Bertz CT molecular complexity index is 636. The summed E-state index contributed by atoms with van der Waals surface area (Å²) in [5.41, 5.74) is 0.813. The lowest BCUT2D eigenvalue weighted by Gasteiger charge is -2.32. The highest BCUT2D eigenvalue weighted by Crippen LogP contribution is 2.38. The third kappa shape index (κ3) is 5.88. The summed E-state index contributed by atoms with van der Waals surface area (Å²) >= 11 is 0. The van der Waals surface area contributed by atoms with E-state index in [1.54, 1.807) is 11.9 Å². The first-order valence-corrected chi connectivity index (χ1v) is 10.4. The number of aliphatic imine (C=N–C) groups is 1. The third-order valence-corrected chi connectivity index (χ3v) is 5.66. The summed E-state index contributed by atoms with van der Waals surface area (Å²) in [5.74, 6) is 1.43. The number of amides is 1. The maximum Gasteiger partial charge on any atom is 0.230 e. The Hall–Kier alpha value is -2.24. The zero-order chi connectivity index (χ0) is 20.6. The van der Waals surface area contributed by atoms with Crippen molar-refractivity contribution in [2.45, 2.75) is 45.6 Å². The number of hydrogen-bond donors (Lipinski definition) is 3. The Labute approximate surface area is 170 Å². The number of hydrogen-bond acceptors (Lipinski definition) is 3. The van der Waals surface area contributed by atoms with E-state index in [-0.39, 0.29) is 17.4 Å². The zero-order valence-corrected chi connectivity index (χ0v) is 18.1. The highest BCUT2D eigenvalue weighted by molar-refractivity contribution is 5.85. The largest absolute Gasteiger partial charge is 0.380 e. The van der Waals surface area contributed by atoms with E-state index in [0.29, 0.717) is 12.5 Å². The zero-order valence-electron chi connectivity index (χ0n) is 18.1. The molecule has 0 bridgehead atoms. The fourth-order valence-corrected chi connectivity index (χ4v) is 3.87. The van der Waals surface area contributed by atoms with Crippen molar-refractivity contribution in [3.8, 4) is 0 Å². The van der Waals surface area contributed by atoms with Gasteiger partial charge in [0, 0.05) is 46.0 Å². The molecule has 1 aliphatic rings. The highest BCUT2D eigenvalue weighted by atomic mass is 16.2. The van der Waals surface area contributed by atoms with Crippen LogP contribution >= 0.6 is 0 Å². The van der Waals surface area contributed by atoms with Gasteiger partial charge in [0.05, 0.1) is 5.41 Å². The predicted molar refractivity (Wildman–Crippen MR) is 118 cm³/mol. The fraction of sp³-hybridized carbons (Fsp3) is 0.636. The predicted octanol–water partition coefficient (Wildman–Crippen LogP) is 2.94. The Morgan fingerprint density at radius 2 is 1.79 bits per heavy atom. The van der Waals surface area contributed by atoms with Crippen molar-refractivity contribution in [2.75, 3.05) is 39.5 Å². The molecule has 6 heteroatoms. The van der Waals surface area contributed by atoms with Gasteiger partial charge in [-0.3, -0.25) is 9.79 Å². The lowest BCUT2D eigenvalue weighted by molar-refractivity contribution is -0.138. The van der Waals surface area contributed by atoms with Gasteiger partial charge in [-0.25, -0.2) is 0 Å². The van der Waals surface area contributed by atoms with Crippen LogP contribution in [0.15, 0.2) is 35.3 Å². The second-order valence-electron chi connectivity index (χ2n) is 8.35. The Balaban J connectivity index is 1.93. The molecule has 1 amide bonds. The van der Waals surface area contributed by atoms with Gasteiger partial charge in [0.25, 0.3) is 0 Å². The summed E-state index contributed by atoms with van der Waals surface area (Å²) in [7, 11) is 5.47. The van der Waals surface area contributed by atoms with Crippen molar-refractivity contribution in [2.24, 2.45) is 16.3 Å². The van der Waals surface area contributed by atoms with E-state index in [9.17, 15) is 4.79 Å². The fourth-order valence-electron chi connectivity index (χ4n) is 3.87. The normalized spacial score (nSPS) is 17.3. The number of guanidine groups is 1. The molecule has 0 saturated heterocycles. The monoisotopic (exact) mass is 387 g/mol. The first kappa shape index (κ1) is 22.1. The molecule has 0 aromatic heterocycles. The van der Waals surface area contributed by atoms with Crippen LogP contribution in [0, 0.1) is 11.3 Å². The lowest BCUT2D eigenvalue weighted by atomic mass is 9.84. The Morgan fingerprint density at radius 3 is 2.32 bits per heavy atom.